The largest absolute Gasteiger partial charge is 0.492 e. The zero-order chi connectivity index (χ0) is 20.4. The number of unbranched alkanes of at least 4 members (excludes halogenated alkanes) is 2. The highest BCUT2D eigenvalue weighted by Gasteiger charge is 2.11. The van der Waals surface area contributed by atoms with Gasteiger partial charge in [0.25, 0.3) is 0 Å². The zero-order valence-corrected chi connectivity index (χ0v) is 17.1. The number of hydrogen-bond acceptors (Lipinski definition) is 5. The summed E-state index contributed by atoms with van der Waals surface area (Å²) < 4.78 is 5.93. The van der Waals surface area contributed by atoms with E-state index in [0.717, 1.165) is 19.6 Å². The Morgan fingerprint density at radius 3 is 2.21 bits per heavy atom. The first-order valence-electron chi connectivity index (χ1n) is 10.2. The lowest BCUT2D eigenvalue weighted by Crippen LogP contribution is -2.30. The number of benzene rings is 2. The van der Waals surface area contributed by atoms with Crippen LogP contribution in [0, 0.1) is 0 Å². The molecule has 0 fully saturated rings. The quantitative estimate of drug-likeness (QED) is 0.420. The monoisotopic (exact) mass is 383 g/mol. The van der Waals surface area contributed by atoms with E-state index in [9.17, 15) is 4.79 Å². The van der Waals surface area contributed by atoms with Gasteiger partial charge in [0.1, 0.15) is 12.4 Å². The Kier molecular flexibility index (Phi) is 8.82. The highest BCUT2D eigenvalue weighted by Crippen LogP contribution is 2.21. The third kappa shape index (κ3) is 6.57. The van der Waals surface area contributed by atoms with Crippen molar-refractivity contribution in [2.75, 3.05) is 37.7 Å². The smallest absolute Gasteiger partial charge is 0.193 e. The molecule has 5 nitrogen and oxygen atoms in total. The number of hydrogen-bond donors (Lipinski definition) is 2. The van der Waals surface area contributed by atoms with E-state index in [1.807, 2.05) is 12.1 Å². The van der Waals surface area contributed by atoms with Crippen LogP contribution < -0.4 is 16.2 Å². The molecule has 2 aromatic carbocycles. The van der Waals surface area contributed by atoms with Crippen LogP contribution in [-0.4, -0.2) is 36.9 Å². The van der Waals surface area contributed by atoms with Gasteiger partial charge >= 0.3 is 0 Å². The Hall–Kier alpha value is -2.53. The van der Waals surface area contributed by atoms with Crippen LogP contribution >= 0.6 is 0 Å². The molecule has 0 aliphatic carbocycles. The van der Waals surface area contributed by atoms with Gasteiger partial charge in [-0.3, -0.25) is 9.69 Å². The maximum Gasteiger partial charge on any atom is 0.193 e. The van der Waals surface area contributed by atoms with Crippen LogP contribution in [0.15, 0.2) is 42.5 Å². The maximum absolute atomic E-state index is 12.7. The number of nitrogen functional groups attached to an aromatic ring is 2. The van der Waals surface area contributed by atoms with Crippen molar-refractivity contribution in [3.05, 3.63) is 53.6 Å². The molecule has 0 aliphatic rings. The van der Waals surface area contributed by atoms with E-state index in [2.05, 4.69) is 18.7 Å². The Morgan fingerprint density at radius 2 is 1.57 bits per heavy atom. The molecule has 152 valence electrons. The van der Waals surface area contributed by atoms with Crippen LogP contribution in [0.25, 0.3) is 0 Å². The van der Waals surface area contributed by atoms with Crippen molar-refractivity contribution in [3.63, 3.8) is 0 Å². The predicted molar refractivity (Wildman–Crippen MR) is 117 cm³/mol. The summed E-state index contributed by atoms with van der Waals surface area (Å²) in [5.41, 5.74) is 13.5. The number of carbonyl (C=O) groups excluding carboxylic acids is 1. The number of ether oxygens (including phenoxy) is 1. The van der Waals surface area contributed by atoms with E-state index in [1.54, 1.807) is 30.3 Å². The number of nitrogens with two attached hydrogens (primary N) is 2. The summed E-state index contributed by atoms with van der Waals surface area (Å²) in [5, 5.41) is 0. The molecule has 0 amide bonds. The number of nitrogens with zero attached hydrogens (tertiary/aromatic N) is 1. The first-order chi connectivity index (χ1) is 13.5. The molecular weight excluding hydrogens is 350 g/mol. The molecule has 0 bridgehead atoms. The van der Waals surface area contributed by atoms with E-state index in [0.29, 0.717) is 34.9 Å². The van der Waals surface area contributed by atoms with Crippen molar-refractivity contribution in [1.82, 2.24) is 4.90 Å². The Morgan fingerprint density at radius 1 is 0.893 bits per heavy atom. The summed E-state index contributed by atoms with van der Waals surface area (Å²) in [6.45, 7) is 8.15. The van der Waals surface area contributed by atoms with Crippen molar-refractivity contribution < 1.29 is 9.53 Å². The fraction of sp³-hybridized carbons (Fsp3) is 0.435. The van der Waals surface area contributed by atoms with Crippen molar-refractivity contribution >= 4 is 17.2 Å². The van der Waals surface area contributed by atoms with E-state index in [4.69, 9.17) is 16.2 Å². The number of ketones is 1. The topological polar surface area (TPSA) is 81.6 Å². The van der Waals surface area contributed by atoms with Crippen molar-refractivity contribution in [3.8, 4) is 5.75 Å². The predicted octanol–water partition coefficient (Wildman–Crippen LogP) is 4.36. The average molecular weight is 384 g/mol. The SMILES string of the molecule is CCCCN(CCCC)CCOc1cccc(C(=O)c2ccc(N)c(N)c2)c1. The fourth-order valence-corrected chi connectivity index (χ4v) is 3.00. The van der Waals surface area contributed by atoms with Crippen LogP contribution in [-0.2, 0) is 0 Å². The van der Waals surface area contributed by atoms with Gasteiger partial charge in [-0.25, -0.2) is 0 Å². The van der Waals surface area contributed by atoms with E-state index in [1.165, 1.54) is 25.7 Å². The van der Waals surface area contributed by atoms with E-state index >= 15 is 0 Å². The molecule has 2 aromatic rings. The van der Waals surface area contributed by atoms with Crippen LogP contribution in [0.4, 0.5) is 11.4 Å². The summed E-state index contributed by atoms with van der Waals surface area (Å²) in [6.07, 6.45) is 4.81. The van der Waals surface area contributed by atoms with Crippen LogP contribution in [0.1, 0.15) is 55.5 Å². The zero-order valence-electron chi connectivity index (χ0n) is 17.1. The molecule has 5 heteroatoms. The Balaban J connectivity index is 1.96. The molecule has 0 atom stereocenters. The van der Waals surface area contributed by atoms with Gasteiger partial charge in [-0.2, -0.15) is 0 Å². The lowest BCUT2D eigenvalue weighted by molar-refractivity contribution is 0.103. The molecule has 0 saturated carbocycles. The maximum atomic E-state index is 12.7. The molecular formula is C23H33N3O2. The van der Waals surface area contributed by atoms with Crippen molar-refractivity contribution in [1.29, 1.82) is 0 Å². The van der Waals surface area contributed by atoms with E-state index < -0.39 is 0 Å². The number of carbonyl (C=O) groups is 1. The van der Waals surface area contributed by atoms with Gasteiger partial charge in [-0.15, -0.1) is 0 Å². The number of rotatable bonds is 12. The van der Waals surface area contributed by atoms with E-state index in [-0.39, 0.29) is 5.78 Å². The van der Waals surface area contributed by atoms with Gasteiger partial charge in [0, 0.05) is 17.7 Å². The molecule has 0 saturated heterocycles. The van der Waals surface area contributed by atoms with Gasteiger partial charge in [-0.05, 0) is 56.3 Å². The van der Waals surface area contributed by atoms with Crippen molar-refractivity contribution in [2.24, 2.45) is 0 Å². The summed E-state index contributed by atoms with van der Waals surface area (Å²) in [4.78, 5) is 15.2. The Labute approximate surface area is 168 Å². The highest BCUT2D eigenvalue weighted by atomic mass is 16.5. The van der Waals surface area contributed by atoms with Gasteiger partial charge in [-0.1, -0.05) is 38.8 Å². The normalized spacial score (nSPS) is 11.0. The van der Waals surface area contributed by atoms with Crippen molar-refractivity contribution in [2.45, 2.75) is 39.5 Å². The molecule has 0 spiro atoms. The number of anilines is 2. The standard InChI is InChI=1S/C23H33N3O2/c1-3-5-12-26(13-6-4-2)14-15-28-20-9-7-8-18(16-20)23(27)19-10-11-21(24)22(25)17-19/h7-11,16-17H,3-6,12-15,24-25H2,1-2H3. The highest BCUT2D eigenvalue weighted by molar-refractivity contribution is 6.10. The van der Waals surface area contributed by atoms with Gasteiger partial charge < -0.3 is 16.2 Å². The first kappa shape index (κ1) is 21.8. The average Bonchev–Trinajstić information content (AvgIpc) is 2.71. The van der Waals surface area contributed by atoms with Gasteiger partial charge in [0.05, 0.1) is 11.4 Å². The Bertz CT molecular complexity index is 753. The second-order valence-electron chi connectivity index (χ2n) is 7.10. The second kappa shape index (κ2) is 11.3. The molecule has 0 aromatic heterocycles. The third-order valence-corrected chi connectivity index (χ3v) is 4.78. The minimum atomic E-state index is -0.0929. The molecule has 2 rings (SSSR count). The third-order valence-electron chi connectivity index (χ3n) is 4.78. The second-order valence-corrected chi connectivity index (χ2v) is 7.10. The molecule has 28 heavy (non-hydrogen) atoms. The lowest BCUT2D eigenvalue weighted by Gasteiger charge is -2.22. The molecule has 0 heterocycles. The van der Waals surface area contributed by atoms with Gasteiger partial charge in [0.2, 0.25) is 0 Å². The summed E-state index contributed by atoms with van der Waals surface area (Å²) in [5.74, 6) is 0.616. The molecule has 4 N–H and O–H groups in total. The van der Waals surface area contributed by atoms with Crippen LogP contribution in [0.3, 0.4) is 0 Å². The summed E-state index contributed by atoms with van der Waals surface area (Å²) in [7, 11) is 0. The first-order valence-corrected chi connectivity index (χ1v) is 10.2. The molecule has 0 unspecified atom stereocenters. The van der Waals surface area contributed by atoms with Crippen LogP contribution in [0.5, 0.6) is 5.75 Å². The minimum Gasteiger partial charge on any atom is -0.492 e. The minimum absolute atomic E-state index is 0.0929. The van der Waals surface area contributed by atoms with Gasteiger partial charge in [0.15, 0.2) is 5.78 Å². The van der Waals surface area contributed by atoms with Crippen LogP contribution in [0.2, 0.25) is 0 Å². The molecule has 0 aliphatic heterocycles. The lowest BCUT2D eigenvalue weighted by atomic mass is 10.0. The molecule has 0 radical (unpaired) electrons. The summed E-state index contributed by atoms with van der Waals surface area (Å²) >= 11 is 0. The fourth-order valence-electron chi connectivity index (χ4n) is 3.00. The summed E-state index contributed by atoms with van der Waals surface area (Å²) in [6, 6.07) is 12.3.